The molecule has 7 rings (SSSR count). The number of rotatable bonds is 6. The quantitative estimate of drug-likeness (QED) is 0.161. The molecule has 2 unspecified atom stereocenters. The summed E-state index contributed by atoms with van der Waals surface area (Å²) in [6, 6.07) is 34.7. The summed E-state index contributed by atoms with van der Waals surface area (Å²) in [5.41, 5.74) is 10.9. The first-order valence-corrected chi connectivity index (χ1v) is 20.1. The molecule has 0 saturated heterocycles. The fourth-order valence-corrected chi connectivity index (χ4v) is 7.35. The van der Waals surface area contributed by atoms with Crippen molar-refractivity contribution in [1.82, 2.24) is 0 Å². The lowest BCUT2D eigenvalue weighted by atomic mass is 9.75. The van der Waals surface area contributed by atoms with Crippen LogP contribution in [0.25, 0.3) is 33.0 Å². The van der Waals surface area contributed by atoms with E-state index in [2.05, 4.69) is 122 Å². The van der Waals surface area contributed by atoms with Crippen LogP contribution >= 0.6 is 0 Å². The maximum absolute atomic E-state index is 5.67. The van der Waals surface area contributed by atoms with Crippen molar-refractivity contribution in [2.24, 2.45) is 0 Å². The summed E-state index contributed by atoms with van der Waals surface area (Å²) in [6.07, 6.45) is 1.68. The highest BCUT2D eigenvalue weighted by atomic mass is 16.5. The zero-order valence-electron chi connectivity index (χ0n) is 35.9. The molecule has 0 saturated carbocycles. The van der Waals surface area contributed by atoms with Crippen LogP contribution in [-0.4, -0.2) is 13.2 Å². The fraction of sp³-hybridized carbons (Fsp3) is 0.345. The van der Waals surface area contributed by atoms with Gasteiger partial charge in [-0.3, -0.25) is 0 Å². The Bertz CT molecular complexity index is 2170. The zero-order chi connectivity index (χ0) is 41.1. The molecule has 0 aromatic heterocycles. The van der Waals surface area contributed by atoms with Crippen molar-refractivity contribution < 1.29 is 9.47 Å². The van der Waals surface area contributed by atoms with Crippen molar-refractivity contribution in [3.8, 4) is 81.1 Å². The van der Waals surface area contributed by atoms with Crippen molar-refractivity contribution in [3.63, 3.8) is 0 Å². The van der Waals surface area contributed by atoms with Gasteiger partial charge in [-0.15, -0.1) is 35.5 Å². The van der Waals surface area contributed by atoms with E-state index < -0.39 is 0 Å². The summed E-state index contributed by atoms with van der Waals surface area (Å²) in [4.78, 5) is 0. The second kappa shape index (κ2) is 23.3. The molecule has 0 aliphatic heterocycles. The first-order chi connectivity index (χ1) is 27.4. The highest BCUT2D eigenvalue weighted by Gasteiger charge is 2.44. The Kier molecular flexibility index (Phi) is 19.4. The van der Waals surface area contributed by atoms with E-state index in [9.17, 15) is 0 Å². The minimum atomic E-state index is -0.0822. The maximum Gasteiger partial charge on any atom is 0.163 e. The number of hydrogen-bond acceptors (Lipinski definition) is 2. The Hall–Kier alpha value is -5.80. The van der Waals surface area contributed by atoms with Gasteiger partial charge in [-0.05, 0) is 107 Å². The van der Waals surface area contributed by atoms with Crippen LogP contribution in [0.5, 0.6) is 11.5 Å². The molecule has 5 aromatic rings. The standard InChI is InChI=1S/C30H26.C18H16O2.3C2H6.CH4/c1-5-7-17-29(3)25-15-11-9-13-21(25)23-20-28-24(19-27(23)29)22-14-10-12-16-26(22)30(28,4)18-8-6-2;1-3-5-11-19-17-13-15-9-7-8-10-16(15)14-18(17)20-12-6-4-2;3*1-2;/h9-16,19-20H,17-18H2,1-4H3;7-10,13-14H,11-12H2,1-2H3;3*1-2H3;1H4. The molecule has 0 fully saturated rings. The minimum Gasteiger partial charge on any atom is -0.477 e. The zero-order valence-corrected chi connectivity index (χ0v) is 35.9. The van der Waals surface area contributed by atoms with Crippen molar-refractivity contribution in [1.29, 1.82) is 0 Å². The van der Waals surface area contributed by atoms with Crippen LogP contribution in [0.15, 0.2) is 97.1 Å². The highest BCUT2D eigenvalue weighted by molar-refractivity contribution is 5.90. The molecule has 0 N–H and O–H groups in total. The van der Waals surface area contributed by atoms with Gasteiger partial charge in [0, 0.05) is 23.7 Å². The number of ether oxygens (including phenoxy) is 2. The Morgan fingerprint density at radius 2 is 0.754 bits per heavy atom. The molecule has 2 nitrogen and oxygen atoms in total. The van der Waals surface area contributed by atoms with Crippen molar-refractivity contribution in [2.75, 3.05) is 13.2 Å². The molecule has 0 radical (unpaired) electrons. The van der Waals surface area contributed by atoms with Crippen molar-refractivity contribution in [2.45, 2.75) is 114 Å². The molecule has 2 atom stereocenters. The van der Waals surface area contributed by atoms with Crippen LogP contribution in [0.2, 0.25) is 0 Å². The summed E-state index contributed by atoms with van der Waals surface area (Å²) in [7, 11) is 0. The average Bonchev–Trinajstić information content (AvgIpc) is 3.65. The van der Waals surface area contributed by atoms with E-state index in [4.69, 9.17) is 9.47 Å². The van der Waals surface area contributed by atoms with Gasteiger partial charge in [0.15, 0.2) is 11.5 Å². The van der Waals surface area contributed by atoms with Gasteiger partial charge in [0.2, 0.25) is 0 Å². The third-order valence-corrected chi connectivity index (χ3v) is 9.97. The topological polar surface area (TPSA) is 18.5 Å². The number of fused-ring (bicyclic) bond motifs is 7. The summed E-state index contributed by atoms with van der Waals surface area (Å²) >= 11 is 0. The molecule has 296 valence electrons. The van der Waals surface area contributed by atoms with Gasteiger partial charge in [0.1, 0.15) is 13.2 Å². The van der Waals surface area contributed by atoms with Gasteiger partial charge < -0.3 is 9.47 Å². The molecule has 0 amide bonds. The van der Waals surface area contributed by atoms with Crippen LogP contribution in [0, 0.1) is 47.4 Å². The average molecular weight is 757 g/mol. The molecular formula is C55H64O2. The van der Waals surface area contributed by atoms with E-state index in [1.807, 2.05) is 91.8 Å². The maximum atomic E-state index is 5.67. The van der Waals surface area contributed by atoms with E-state index in [0.717, 1.165) is 23.6 Å². The summed E-state index contributed by atoms with van der Waals surface area (Å²) < 4.78 is 11.3. The van der Waals surface area contributed by atoms with Crippen LogP contribution in [0.4, 0.5) is 0 Å². The lowest BCUT2D eigenvalue weighted by Gasteiger charge is -2.27. The van der Waals surface area contributed by atoms with Crippen molar-refractivity contribution in [3.05, 3.63) is 119 Å². The van der Waals surface area contributed by atoms with Gasteiger partial charge in [-0.25, -0.2) is 0 Å². The second-order valence-electron chi connectivity index (χ2n) is 13.0. The lowest BCUT2D eigenvalue weighted by molar-refractivity contribution is 0.315. The van der Waals surface area contributed by atoms with Gasteiger partial charge in [0.05, 0.1) is 0 Å². The first kappa shape index (κ1) is 47.4. The van der Waals surface area contributed by atoms with Crippen LogP contribution in [-0.2, 0) is 10.8 Å². The van der Waals surface area contributed by atoms with Gasteiger partial charge in [0.25, 0.3) is 0 Å². The highest BCUT2D eigenvalue weighted by Crippen LogP contribution is 2.57. The smallest absolute Gasteiger partial charge is 0.163 e. The van der Waals surface area contributed by atoms with Gasteiger partial charge in [-0.1, -0.05) is 147 Å². The normalized spacial score (nSPS) is 15.1. The number of hydrogen-bond donors (Lipinski definition) is 0. The third-order valence-electron chi connectivity index (χ3n) is 9.97. The monoisotopic (exact) mass is 756 g/mol. The largest absolute Gasteiger partial charge is 0.477 e. The van der Waals surface area contributed by atoms with Crippen LogP contribution in [0.3, 0.4) is 0 Å². The van der Waals surface area contributed by atoms with E-state index in [1.54, 1.807) is 13.8 Å². The summed E-state index contributed by atoms with van der Waals surface area (Å²) in [5.74, 6) is 25.8. The molecule has 2 aliphatic rings. The van der Waals surface area contributed by atoms with Gasteiger partial charge >= 0.3 is 0 Å². The van der Waals surface area contributed by atoms with Crippen LogP contribution in [0.1, 0.15) is 126 Å². The second-order valence-corrected chi connectivity index (χ2v) is 13.0. The predicted molar refractivity (Wildman–Crippen MR) is 249 cm³/mol. The first-order valence-electron chi connectivity index (χ1n) is 20.1. The molecule has 2 heteroatoms. The third kappa shape index (κ3) is 10.1. The lowest BCUT2D eigenvalue weighted by Crippen LogP contribution is -2.21. The Balaban J connectivity index is 0.000000364. The Morgan fingerprint density at radius 1 is 0.421 bits per heavy atom. The number of benzene rings is 5. The molecular weight excluding hydrogens is 693 g/mol. The summed E-state index contributed by atoms with van der Waals surface area (Å²) in [5, 5.41) is 2.22. The molecule has 0 heterocycles. The molecule has 2 aliphatic carbocycles. The molecule has 0 spiro atoms. The minimum absolute atomic E-state index is 0. The molecule has 0 bridgehead atoms. The SMILES string of the molecule is C.CC.CC.CC.CC#CCC1(C)c2ccccc2-c2cc3c(cc21)-c1ccccc1C3(C)CC#CC.CC#CCOc1cc2ccccc2cc1OCC#CC. The summed E-state index contributed by atoms with van der Waals surface area (Å²) in [6.45, 7) is 24.9. The van der Waals surface area contributed by atoms with E-state index >= 15 is 0 Å². The fourth-order valence-electron chi connectivity index (χ4n) is 7.35. The Labute approximate surface area is 346 Å². The molecule has 57 heavy (non-hydrogen) atoms. The van der Waals surface area contributed by atoms with Crippen LogP contribution < -0.4 is 9.47 Å². The van der Waals surface area contributed by atoms with E-state index in [-0.39, 0.29) is 18.3 Å². The van der Waals surface area contributed by atoms with Gasteiger partial charge in [-0.2, -0.15) is 0 Å². The Morgan fingerprint density at radius 3 is 1.11 bits per heavy atom. The van der Waals surface area contributed by atoms with E-state index in [0.29, 0.717) is 24.7 Å². The van der Waals surface area contributed by atoms with Crippen molar-refractivity contribution >= 4 is 10.8 Å². The van der Waals surface area contributed by atoms with E-state index in [1.165, 1.54) is 44.5 Å². The molecule has 5 aromatic carbocycles. The predicted octanol–water partition coefficient (Wildman–Crippen LogP) is 14.4.